The molecule has 1 aromatic rings. The van der Waals surface area contributed by atoms with Gasteiger partial charge in [0.15, 0.2) is 0 Å². The van der Waals surface area contributed by atoms with Crippen LogP contribution in [0.3, 0.4) is 0 Å². The van der Waals surface area contributed by atoms with Gasteiger partial charge in [-0.05, 0) is 24.1 Å². The van der Waals surface area contributed by atoms with Crippen molar-refractivity contribution < 1.29 is 8.42 Å². The van der Waals surface area contributed by atoms with Crippen molar-refractivity contribution in [3.63, 3.8) is 0 Å². The molecular formula is C11H14ClN3O2S. The summed E-state index contributed by atoms with van der Waals surface area (Å²) in [5, 5.41) is 6.35. The number of rotatable bonds is 2. The molecule has 2 N–H and O–H groups in total. The minimum absolute atomic E-state index is 0.141. The fourth-order valence-electron chi connectivity index (χ4n) is 1.52. The van der Waals surface area contributed by atoms with Crippen LogP contribution < -0.4 is 10.6 Å². The van der Waals surface area contributed by atoms with Gasteiger partial charge in [0.05, 0.1) is 5.69 Å². The number of sulfonamides is 1. The molecule has 7 heteroatoms. The smallest absolute Gasteiger partial charge is 0.287 e. The highest BCUT2D eigenvalue weighted by Gasteiger charge is 2.24. The molecule has 0 bridgehead atoms. The molecule has 0 aromatic heterocycles. The van der Waals surface area contributed by atoms with Crippen molar-refractivity contribution in [3.05, 3.63) is 23.2 Å². The summed E-state index contributed by atoms with van der Waals surface area (Å²) in [6, 6.07) is 4.55. The van der Waals surface area contributed by atoms with Crippen LogP contribution in [-0.4, -0.2) is 20.9 Å². The zero-order valence-electron chi connectivity index (χ0n) is 10.1. The number of nitrogens with one attached hydrogen (secondary N) is 2. The molecule has 0 atom stereocenters. The SMILES string of the molecule is CC(C)CNC1=NS(=O)(=O)c2ccc(Cl)cc2N1. The highest BCUT2D eigenvalue weighted by atomic mass is 35.5. The highest BCUT2D eigenvalue weighted by Crippen LogP contribution is 2.29. The van der Waals surface area contributed by atoms with Gasteiger partial charge >= 0.3 is 0 Å². The van der Waals surface area contributed by atoms with Gasteiger partial charge in [-0.3, -0.25) is 0 Å². The van der Waals surface area contributed by atoms with Crippen LogP contribution in [0.4, 0.5) is 5.69 Å². The van der Waals surface area contributed by atoms with E-state index in [1.807, 2.05) is 13.8 Å². The molecule has 1 aromatic carbocycles. The van der Waals surface area contributed by atoms with E-state index in [1.165, 1.54) is 12.1 Å². The standard InChI is InChI=1S/C11H14ClN3O2S/c1-7(2)6-13-11-14-9-5-8(12)3-4-10(9)18(16,17)15-11/h3-5,7H,6H2,1-2H3,(H2,13,14,15). The van der Waals surface area contributed by atoms with Crippen LogP contribution >= 0.6 is 11.6 Å². The first-order valence-corrected chi connectivity index (χ1v) is 7.36. The third-order valence-electron chi connectivity index (χ3n) is 2.36. The Kier molecular flexibility index (Phi) is 3.49. The molecule has 0 unspecified atom stereocenters. The maximum Gasteiger partial charge on any atom is 0.287 e. The van der Waals surface area contributed by atoms with Crippen LogP contribution in [0, 0.1) is 5.92 Å². The van der Waals surface area contributed by atoms with E-state index < -0.39 is 10.0 Å². The van der Waals surface area contributed by atoms with Crippen molar-refractivity contribution in [1.29, 1.82) is 0 Å². The first kappa shape index (κ1) is 13.2. The Morgan fingerprint density at radius 3 is 2.83 bits per heavy atom. The van der Waals surface area contributed by atoms with E-state index >= 15 is 0 Å². The zero-order valence-corrected chi connectivity index (χ0v) is 11.6. The molecule has 0 saturated carbocycles. The molecule has 0 saturated heterocycles. The molecule has 2 rings (SSSR count). The van der Waals surface area contributed by atoms with Crippen LogP contribution in [0.5, 0.6) is 0 Å². The van der Waals surface area contributed by atoms with Crippen molar-refractivity contribution in [2.45, 2.75) is 18.7 Å². The number of hydrogen-bond acceptors (Lipinski definition) is 4. The molecule has 0 amide bonds. The third-order valence-corrected chi connectivity index (χ3v) is 3.93. The molecule has 0 radical (unpaired) electrons. The molecule has 1 aliphatic heterocycles. The predicted octanol–water partition coefficient (Wildman–Crippen LogP) is 2.06. The maximum atomic E-state index is 11.9. The zero-order chi connectivity index (χ0) is 13.3. The maximum absolute atomic E-state index is 11.9. The Labute approximate surface area is 111 Å². The summed E-state index contributed by atoms with van der Waals surface area (Å²) in [5.41, 5.74) is 0.448. The number of halogens is 1. The van der Waals surface area contributed by atoms with Crippen LogP contribution in [0.1, 0.15) is 13.8 Å². The van der Waals surface area contributed by atoms with E-state index in [9.17, 15) is 8.42 Å². The minimum Gasteiger partial charge on any atom is -0.355 e. The Balaban J connectivity index is 2.33. The Morgan fingerprint density at radius 1 is 1.44 bits per heavy atom. The largest absolute Gasteiger partial charge is 0.355 e. The lowest BCUT2D eigenvalue weighted by molar-refractivity contribution is 0.595. The normalized spacial score (nSPS) is 16.8. The van der Waals surface area contributed by atoms with Crippen molar-refractivity contribution in [1.82, 2.24) is 5.32 Å². The summed E-state index contributed by atoms with van der Waals surface area (Å²) in [6.07, 6.45) is 0. The molecular weight excluding hydrogens is 274 g/mol. The monoisotopic (exact) mass is 287 g/mol. The molecule has 18 heavy (non-hydrogen) atoms. The van der Waals surface area contributed by atoms with E-state index in [4.69, 9.17) is 11.6 Å². The molecule has 98 valence electrons. The van der Waals surface area contributed by atoms with E-state index in [1.54, 1.807) is 6.07 Å². The Bertz CT molecular complexity index is 596. The molecule has 0 spiro atoms. The van der Waals surface area contributed by atoms with E-state index in [-0.39, 0.29) is 10.9 Å². The average molecular weight is 288 g/mol. The summed E-state index contributed by atoms with van der Waals surface area (Å²) in [6.45, 7) is 4.68. The second kappa shape index (κ2) is 4.78. The molecule has 5 nitrogen and oxygen atoms in total. The summed E-state index contributed by atoms with van der Waals surface area (Å²) >= 11 is 5.85. The summed E-state index contributed by atoms with van der Waals surface area (Å²) < 4.78 is 27.5. The van der Waals surface area contributed by atoms with Crippen LogP contribution in [0.2, 0.25) is 5.02 Å². The quantitative estimate of drug-likeness (QED) is 0.873. The van der Waals surface area contributed by atoms with E-state index in [2.05, 4.69) is 15.0 Å². The van der Waals surface area contributed by atoms with Crippen molar-refractivity contribution in [3.8, 4) is 0 Å². The van der Waals surface area contributed by atoms with Gasteiger partial charge in [0.1, 0.15) is 4.90 Å². The molecule has 1 heterocycles. The number of nitrogens with zero attached hydrogens (tertiary/aromatic N) is 1. The van der Waals surface area contributed by atoms with Gasteiger partial charge in [0.2, 0.25) is 5.96 Å². The van der Waals surface area contributed by atoms with Crippen LogP contribution in [0.15, 0.2) is 27.5 Å². The van der Waals surface area contributed by atoms with Crippen molar-refractivity contribution in [2.24, 2.45) is 10.3 Å². The third kappa shape index (κ3) is 2.76. The number of fused-ring (bicyclic) bond motifs is 1. The van der Waals surface area contributed by atoms with Crippen molar-refractivity contribution in [2.75, 3.05) is 11.9 Å². The van der Waals surface area contributed by atoms with Crippen LogP contribution in [0.25, 0.3) is 0 Å². The topological polar surface area (TPSA) is 70.6 Å². The summed E-state index contributed by atoms with van der Waals surface area (Å²) in [5.74, 6) is 0.622. The van der Waals surface area contributed by atoms with Gasteiger partial charge in [-0.25, -0.2) is 0 Å². The number of anilines is 1. The first-order valence-electron chi connectivity index (χ1n) is 5.54. The van der Waals surface area contributed by atoms with Gasteiger partial charge < -0.3 is 10.6 Å². The second-order valence-electron chi connectivity index (χ2n) is 4.46. The lowest BCUT2D eigenvalue weighted by atomic mass is 10.2. The van der Waals surface area contributed by atoms with Crippen LogP contribution in [-0.2, 0) is 10.0 Å². The van der Waals surface area contributed by atoms with Gasteiger partial charge in [-0.1, -0.05) is 25.4 Å². The van der Waals surface area contributed by atoms with Gasteiger partial charge in [0, 0.05) is 11.6 Å². The molecule has 0 fully saturated rings. The number of hydrogen-bond donors (Lipinski definition) is 2. The van der Waals surface area contributed by atoms with Gasteiger partial charge in [0.25, 0.3) is 10.0 Å². The average Bonchev–Trinajstić information content (AvgIpc) is 2.24. The predicted molar refractivity (Wildman–Crippen MR) is 72.5 cm³/mol. The number of benzene rings is 1. The second-order valence-corrected chi connectivity index (χ2v) is 6.46. The lowest BCUT2D eigenvalue weighted by Gasteiger charge is -2.19. The highest BCUT2D eigenvalue weighted by molar-refractivity contribution is 7.90. The Morgan fingerprint density at radius 2 is 2.17 bits per heavy atom. The molecule has 0 aliphatic carbocycles. The minimum atomic E-state index is -3.65. The fraction of sp³-hybridized carbons (Fsp3) is 0.364. The van der Waals surface area contributed by atoms with E-state index in [0.717, 1.165) is 0 Å². The fourth-order valence-corrected chi connectivity index (χ4v) is 2.77. The van der Waals surface area contributed by atoms with Crippen molar-refractivity contribution >= 4 is 33.3 Å². The summed E-state index contributed by atoms with van der Waals surface area (Å²) in [7, 11) is -3.65. The van der Waals surface area contributed by atoms with E-state index in [0.29, 0.717) is 23.2 Å². The lowest BCUT2D eigenvalue weighted by Crippen LogP contribution is -2.36. The Hall–Kier alpha value is -1.27. The van der Waals surface area contributed by atoms with Gasteiger partial charge in [-0.15, -0.1) is 4.40 Å². The van der Waals surface area contributed by atoms with Gasteiger partial charge in [-0.2, -0.15) is 8.42 Å². The first-order chi connectivity index (χ1) is 8.38. The number of guanidine groups is 1. The summed E-state index contributed by atoms with van der Waals surface area (Å²) in [4.78, 5) is 0.141. The molecule has 1 aliphatic rings.